The van der Waals surface area contributed by atoms with Crippen LogP contribution < -0.4 is 0 Å². The maximum absolute atomic E-state index is 12.2. The van der Waals surface area contributed by atoms with Gasteiger partial charge in [0.15, 0.2) is 0 Å². The van der Waals surface area contributed by atoms with E-state index in [0.29, 0.717) is 18.2 Å². The highest BCUT2D eigenvalue weighted by molar-refractivity contribution is 5.83. The minimum atomic E-state index is 0.248. The van der Waals surface area contributed by atoms with Crippen molar-refractivity contribution >= 4 is 5.78 Å². The van der Waals surface area contributed by atoms with Crippen LogP contribution in [-0.2, 0) is 11.2 Å². The Balaban J connectivity index is 1.90. The highest BCUT2D eigenvalue weighted by Crippen LogP contribution is 2.20. The molecule has 1 heterocycles. The average Bonchev–Trinajstić information content (AvgIpc) is 2.79. The monoisotopic (exact) mass is 231 g/mol. The van der Waals surface area contributed by atoms with Gasteiger partial charge in [0, 0.05) is 24.9 Å². The summed E-state index contributed by atoms with van der Waals surface area (Å²) in [4.78, 5) is 14.6. The second-order valence-corrected chi connectivity index (χ2v) is 5.20. The zero-order valence-electron chi connectivity index (χ0n) is 10.7. The highest BCUT2D eigenvalue weighted by Gasteiger charge is 2.28. The van der Waals surface area contributed by atoms with Crippen LogP contribution in [0, 0.1) is 5.92 Å². The molecule has 0 saturated carbocycles. The number of Topliss-reactive ketones (excluding diaryl/α,β-unsaturated/α-hetero) is 1. The van der Waals surface area contributed by atoms with E-state index in [1.165, 1.54) is 0 Å². The van der Waals surface area contributed by atoms with Gasteiger partial charge in [0.25, 0.3) is 0 Å². The van der Waals surface area contributed by atoms with E-state index >= 15 is 0 Å². The number of hydrogen-bond acceptors (Lipinski definition) is 2. The van der Waals surface area contributed by atoms with Gasteiger partial charge in [-0.05, 0) is 32.4 Å². The quantitative estimate of drug-likeness (QED) is 0.793. The Labute approximate surface area is 104 Å². The van der Waals surface area contributed by atoms with Crippen molar-refractivity contribution in [2.75, 3.05) is 13.1 Å². The Morgan fingerprint density at radius 2 is 2.06 bits per heavy atom. The van der Waals surface area contributed by atoms with Crippen LogP contribution in [0.5, 0.6) is 0 Å². The zero-order valence-corrected chi connectivity index (χ0v) is 10.7. The van der Waals surface area contributed by atoms with Gasteiger partial charge < -0.3 is 4.90 Å². The molecule has 1 unspecified atom stereocenters. The number of benzene rings is 1. The van der Waals surface area contributed by atoms with Crippen molar-refractivity contribution in [3.8, 4) is 0 Å². The summed E-state index contributed by atoms with van der Waals surface area (Å²) >= 11 is 0. The van der Waals surface area contributed by atoms with Gasteiger partial charge in [0.1, 0.15) is 5.78 Å². The van der Waals surface area contributed by atoms with Gasteiger partial charge in [-0.25, -0.2) is 0 Å². The minimum absolute atomic E-state index is 0.248. The molecular formula is C15H21NO. The molecule has 1 aliphatic heterocycles. The predicted octanol–water partition coefficient (Wildman–Crippen LogP) is 2.53. The molecule has 1 fully saturated rings. The van der Waals surface area contributed by atoms with Crippen LogP contribution in [0.25, 0.3) is 0 Å². The van der Waals surface area contributed by atoms with Crippen molar-refractivity contribution in [3.63, 3.8) is 0 Å². The summed E-state index contributed by atoms with van der Waals surface area (Å²) in [5.74, 6) is 0.650. The Morgan fingerprint density at radius 3 is 2.65 bits per heavy atom. The molecule has 2 heteroatoms. The fourth-order valence-corrected chi connectivity index (χ4v) is 2.46. The molecule has 92 valence electrons. The van der Waals surface area contributed by atoms with Crippen LogP contribution in [-0.4, -0.2) is 29.8 Å². The normalized spacial score (nSPS) is 21.0. The lowest BCUT2D eigenvalue weighted by Crippen LogP contribution is -2.29. The molecule has 0 aromatic heterocycles. The Morgan fingerprint density at radius 1 is 1.35 bits per heavy atom. The van der Waals surface area contributed by atoms with Gasteiger partial charge in [-0.2, -0.15) is 0 Å². The van der Waals surface area contributed by atoms with E-state index in [1.54, 1.807) is 0 Å². The SMILES string of the molecule is CC(C)N1CCC(C(=O)Cc2ccccc2)C1. The van der Waals surface area contributed by atoms with Gasteiger partial charge in [0.05, 0.1) is 0 Å². The highest BCUT2D eigenvalue weighted by atomic mass is 16.1. The second-order valence-electron chi connectivity index (χ2n) is 5.20. The molecule has 1 aromatic rings. The molecule has 0 N–H and O–H groups in total. The number of nitrogens with zero attached hydrogens (tertiary/aromatic N) is 1. The first-order valence-electron chi connectivity index (χ1n) is 6.47. The first-order chi connectivity index (χ1) is 8.16. The van der Waals surface area contributed by atoms with Crippen molar-refractivity contribution in [3.05, 3.63) is 35.9 Å². The van der Waals surface area contributed by atoms with Crippen LogP contribution in [0.1, 0.15) is 25.8 Å². The van der Waals surface area contributed by atoms with E-state index in [9.17, 15) is 4.79 Å². The van der Waals surface area contributed by atoms with Gasteiger partial charge in [-0.3, -0.25) is 4.79 Å². The topological polar surface area (TPSA) is 20.3 Å². The molecule has 2 nitrogen and oxygen atoms in total. The van der Waals surface area contributed by atoms with Crippen LogP contribution in [0.15, 0.2) is 30.3 Å². The molecule has 17 heavy (non-hydrogen) atoms. The fourth-order valence-electron chi connectivity index (χ4n) is 2.46. The van der Waals surface area contributed by atoms with Gasteiger partial charge in [0.2, 0.25) is 0 Å². The van der Waals surface area contributed by atoms with E-state index in [4.69, 9.17) is 0 Å². The number of hydrogen-bond donors (Lipinski definition) is 0. The van der Waals surface area contributed by atoms with Crippen molar-refractivity contribution < 1.29 is 4.79 Å². The van der Waals surface area contributed by atoms with E-state index in [2.05, 4.69) is 18.7 Å². The molecule has 1 aromatic carbocycles. The lowest BCUT2D eigenvalue weighted by Gasteiger charge is -2.19. The third-order valence-corrected chi connectivity index (χ3v) is 3.63. The molecule has 1 saturated heterocycles. The number of ketones is 1. The van der Waals surface area contributed by atoms with Gasteiger partial charge >= 0.3 is 0 Å². The van der Waals surface area contributed by atoms with Gasteiger partial charge in [-0.1, -0.05) is 30.3 Å². The summed E-state index contributed by atoms with van der Waals surface area (Å²) in [6, 6.07) is 10.6. The molecular weight excluding hydrogens is 210 g/mol. The summed E-state index contributed by atoms with van der Waals surface area (Å²) in [7, 11) is 0. The van der Waals surface area contributed by atoms with E-state index in [-0.39, 0.29) is 5.92 Å². The molecule has 0 radical (unpaired) electrons. The summed E-state index contributed by atoms with van der Waals surface area (Å²) in [6.45, 7) is 6.42. The summed E-state index contributed by atoms with van der Waals surface area (Å²) in [5.41, 5.74) is 1.14. The van der Waals surface area contributed by atoms with Crippen LogP contribution in [0.4, 0.5) is 0 Å². The smallest absolute Gasteiger partial charge is 0.141 e. The van der Waals surface area contributed by atoms with E-state index < -0.39 is 0 Å². The van der Waals surface area contributed by atoms with E-state index in [0.717, 1.165) is 25.1 Å². The molecule has 1 atom stereocenters. The molecule has 1 aliphatic rings. The predicted molar refractivity (Wildman–Crippen MR) is 70.0 cm³/mol. The second kappa shape index (κ2) is 5.46. The molecule has 0 spiro atoms. The van der Waals surface area contributed by atoms with Crippen molar-refractivity contribution in [1.29, 1.82) is 0 Å². The van der Waals surface area contributed by atoms with Crippen LogP contribution >= 0.6 is 0 Å². The number of rotatable bonds is 4. The maximum atomic E-state index is 12.2. The molecule has 2 rings (SSSR count). The number of carbonyl (C=O) groups excluding carboxylic acids is 1. The molecule has 0 aliphatic carbocycles. The van der Waals surface area contributed by atoms with Crippen molar-refractivity contribution in [1.82, 2.24) is 4.90 Å². The Hall–Kier alpha value is -1.15. The largest absolute Gasteiger partial charge is 0.300 e. The standard InChI is InChI=1S/C15H21NO/c1-12(2)16-9-8-14(11-16)15(17)10-13-6-4-3-5-7-13/h3-7,12,14H,8-11H2,1-2H3. The lowest BCUT2D eigenvalue weighted by atomic mass is 9.97. The van der Waals surface area contributed by atoms with Crippen molar-refractivity contribution in [2.45, 2.75) is 32.7 Å². The summed E-state index contributed by atoms with van der Waals surface area (Å²) in [6.07, 6.45) is 1.63. The first-order valence-corrected chi connectivity index (χ1v) is 6.47. The van der Waals surface area contributed by atoms with Gasteiger partial charge in [-0.15, -0.1) is 0 Å². The Kier molecular flexibility index (Phi) is 3.95. The number of likely N-dealkylation sites (tertiary alicyclic amines) is 1. The Bertz CT molecular complexity index is 372. The molecule has 0 amide bonds. The lowest BCUT2D eigenvalue weighted by molar-refractivity contribution is -0.121. The first kappa shape index (κ1) is 12.3. The summed E-state index contributed by atoms with van der Waals surface area (Å²) < 4.78 is 0. The fraction of sp³-hybridized carbons (Fsp3) is 0.533. The summed E-state index contributed by atoms with van der Waals surface area (Å²) in [5, 5.41) is 0. The minimum Gasteiger partial charge on any atom is -0.300 e. The van der Waals surface area contributed by atoms with Crippen molar-refractivity contribution in [2.24, 2.45) is 5.92 Å². The zero-order chi connectivity index (χ0) is 12.3. The third kappa shape index (κ3) is 3.16. The van der Waals surface area contributed by atoms with Crippen LogP contribution in [0.2, 0.25) is 0 Å². The number of carbonyl (C=O) groups is 1. The average molecular weight is 231 g/mol. The third-order valence-electron chi connectivity index (χ3n) is 3.63. The molecule has 0 bridgehead atoms. The van der Waals surface area contributed by atoms with Crippen LogP contribution in [0.3, 0.4) is 0 Å². The van der Waals surface area contributed by atoms with E-state index in [1.807, 2.05) is 30.3 Å². The maximum Gasteiger partial charge on any atom is 0.141 e.